The normalized spacial score (nSPS) is 11.3. The summed E-state index contributed by atoms with van der Waals surface area (Å²) in [5.41, 5.74) is 6.66. The minimum Gasteiger partial charge on any atom is -0.384 e. The molecule has 168 valence electrons. The summed E-state index contributed by atoms with van der Waals surface area (Å²) in [6, 6.07) is 12.6. The van der Waals surface area contributed by atoms with Crippen LogP contribution in [0.4, 0.5) is 36.2 Å². The summed E-state index contributed by atoms with van der Waals surface area (Å²) in [4.78, 5) is 20.6. The predicted molar refractivity (Wildman–Crippen MR) is 117 cm³/mol. The molecule has 1 amide bonds. The van der Waals surface area contributed by atoms with Gasteiger partial charge in [0.05, 0.1) is 11.8 Å². The molecule has 0 radical (unpaired) electrons. The van der Waals surface area contributed by atoms with Crippen molar-refractivity contribution in [3.8, 4) is 5.82 Å². The lowest BCUT2D eigenvalue weighted by Gasteiger charge is -2.14. The molecule has 2 aromatic heterocycles. The maximum absolute atomic E-state index is 13.0. The number of carbonyl (C=O) groups is 1. The fourth-order valence-corrected chi connectivity index (χ4v) is 3.07. The van der Waals surface area contributed by atoms with E-state index >= 15 is 0 Å². The van der Waals surface area contributed by atoms with Crippen LogP contribution >= 0.6 is 0 Å². The van der Waals surface area contributed by atoms with Crippen LogP contribution in [0.2, 0.25) is 0 Å². The molecule has 0 aliphatic rings. The Morgan fingerprint density at radius 3 is 2.64 bits per heavy atom. The third-order valence-corrected chi connectivity index (χ3v) is 4.74. The van der Waals surface area contributed by atoms with Gasteiger partial charge < -0.3 is 16.4 Å². The Morgan fingerprint density at radius 1 is 1.06 bits per heavy atom. The lowest BCUT2D eigenvalue weighted by Crippen LogP contribution is -2.14. The quantitative estimate of drug-likeness (QED) is 0.408. The van der Waals surface area contributed by atoms with Gasteiger partial charge in [0.2, 0.25) is 0 Å². The summed E-state index contributed by atoms with van der Waals surface area (Å²) in [6.45, 7) is 1.87. The van der Waals surface area contributed by atoms with E-state index in [-0.39, 0.29) is 11.4 Å². The van der Waals surface area contributed by atoms with Crippen molar-refractivity contribution in [3.63, 3.8) is 0 Å². The fourth-order valence-electron chi connectivity index (χ4n) is 3.07. The summed E-state index contributed by atoms with van der Waals surface area (Å²) in [5, 5.41) is 10.1. The number of benzene rings is 2. The first-order valence-corrected chi connectivity index (χ1v) is 9.69. The second kappa shape index (κ2) is 8.61. The van der Waals surface area contributed by atoms with Gasteiger partial charge >= 0.3 is 6.18 Å². The van der Waals surface area contributed by atoms with Gasteiger partial charge in [0, 0.05) is 29.1 Å². The van der Waals surface area contributed by atoms with Crippen LogP contribution in [0.1, 0.15) is 21.5 Å². The van der Waals surface area contributed by atoms with Crippen molar-refractivity contribution >= 4 is 28.9 Å². The highest BCUT2D eigenvalue weighted by Crippen LogP contribution is 2.30. The van der Waals surface area contributed by atoms with Crippen molar-refractivity contribution in [2.24, 2.45) is 0 Å². The van der Waals surface area contributed by atoms with Crippen molar-refractivity contribution in [2.45, 2.75) is 13.1 Å². The van der Waals surface area contributed by atoms with E-state index in [0.29, 0.717) is 23.0 Å². The molecule has 4 aromatic rings. The number of nitrogens with zero attached hydrogens (tertiary/aromatic N) is 4. The van der Waals surface area contributed by atoms with Crippen molar-refractivity contribution in [3.05, 3.63) is 83.8 Å². The number of nitrogens with two attached hydrogens (primary N) is 1. The van der Waals surface area contributed by atoms with Gasteiger partial charge in [-0.15, -0.1) is 0 Å². The standard InChI is InChI=1S/C22H18F3N7O/c1-13-5-6-16(30-21(33)14-3-2-4-15(9-14)22(23,24)25)10-17(13)31-19-7-8-29-32(19)20-11-18(26)27-12-28-20/h2-12,31H,1H3,(H,30,33)(H2,26,27,28). The van der Waals surface area contributed by atoms with Gasteiger partial charge in [-0.2, -0.15) is 23.0 Å². The molecule has 0 saturated heterocycles. The number of alkyl halides is 3. The summed E-state index contributed by atoms with van der Waals surface area (Å²) < 4.78 is 40.4. The lowest BCUT2D eigenvalue weighted by atomic mass is 10.1. The number of aromatic nitrogens is 4. The van der Waals surface area contributed by atoms with Crippen LogP contribution < -0.4 is 16.4 Å². The molecule has 11 heteroatoms. The maximum Gasteiger partial charge on any atom is 0.416 e. The SMILES string of the molecule is Cc1ccc(NC(=O)c2cccc(C(F)(F)F)c2)cc1Nc1ccnn1-c1cc(N)ncn1. The van der Waals surface area contributed by atoms with E-state index in [4.69, 9.17) is 5.73 Å². The number of amides is 1. The summed E-state index contributed by atoms with van der Waals surface area (Å²) in [6.07, 6.45) is -1.63. The predicted octanol–water partition coefficient (Wildman–Crippen LogP) is 4.57. The highest BCUT2D eigenvalue weighted by Gasteiger charge is 2.30. The molecule has 0 fully saturated rings. The van der Waals surface area contributed by atoms with Crippen LogP contribution in [0.3, 0.4) is 0 Å². The van der Waals surface area contributed by atoms with Gasteiger partial charge in [-0.25, -0.2) is 9.97 Å². The number of nitrogen functional groups attached to an aromatic ring is 1. The van der Waals surface area contributed by atoms with Crippen LogP contribution in [0.15, 0.2) is 67.1 Å². The van der Waals surface area contributed by atoms with Gasteiger partial charge in [0.25, 0.3) is 5.91 Å². The molecule has 0 saturated carbocycles. The Bertz CT molecular complexity index is 1320. The number of hydrogen-bond donors (Lipinski definition) is 3. The number of anilines is 4. The number of halogens is 3. The molecule has 0 unspecified atom stereocenters. The van der Waals surface area contributed by atoms with Crippen molar-refractivity contribution < 1.29 is 18.0 Å². The van der Waals surface area contributed by atoms with Gasteiger partial charge in [-0.1, -0.05) is 12.1 Å². The van der Waals surface area contributed by atoms with E-state index in [2.05, 4.69) is 25.7 Å². The molecule has 2 heterocycles. The second-order valence-corrected chi connectivity index (χ2v) is 7.12. The zero-order chi connectivity index (χ0) is 23.6. The molecule has 0 atom stereocenters. The largest absolute Gasteiger partial charge is 0.416 e. The topological polar surface area (TPSA) is 111 Å². The van der Waals surface area contributed by atoms with Crippen LogP contribution in [0, 0.1) is 6.92 Å². The van der Waals surface area contributed by atoms with Gasteiger partial charge in [-0.3, -0.25) is 4.79 Å². The first kappa shape index (κ1) is 21.8. The van der Waals surface area contributed by atoms with Crippen LogP contribution in [-0.2, 0) is 6.18 Å². The molecule has 0 aliphatic carbocycles. The summed E-state index contributed by atoms with van der Waals surface area (Å²) >= 11 is 0. The minimum absolute atomic E-state index is 0.0978. The molecule has 33 heavy (non-hydrogen) atoms. The van der Waals surface area contributed by atoms with Gasteiger partial charge in [-0.05, 0) is 42.8 Å². The fraction of sp³-hybridized carbons (Fsp3) is 0.0909. The van der Waals surface area contributed by atoms with Gasteiger partial charge in [0.1, 0.15) is 18.0 Å². The Balaban J connectivity index is 1.56. The monoisotopic (exact) mass is 453 g/mol. The zero-order valence-electron chi connectivity index (χ0n) is 17.3. The number of nitrogens with one attached hydrogen (secondary N) is 2. The average molecular weight is 453 g/mol. The third-order valence-electron chi connectivity index (χ3n) is 4.74. The molecule has 4 rings (SSSR count). The first-order valence-electron chi connectivity index (χ1n) is 9.69. The van der Waals surface area contributed by atoms with E-state index in [1.165, 1.54) is 23.1 Å². The number of hydrogen-bond acceptors (Lipinski definition) is 6. The smallest absolute Gasteiger partial charge is 0.384 e. The lowest BCUT2D eigenvalue weighted by molar-refractivity contribution is -0.137. The average Bonchev–Trinajstić information content (AvgIpc) is 3.24. The van der Waals surface area contributed by atoms with Crippen molar-refractivity contribution in [1.82, 2.24) is 19.7 Å². The molecule has 2 aromatic carbocycles. The van der Waals surface area contributed by atoms with Crippen molar-refractivity contribution in [1.29, 1.82) is 0 Å². The Kier molecular flexibility index (Phi) is 5.69. The van der Waals surface area contributed by atoms with Crippen LogP contribution in [-0.4, -0.2) is 25.7 Å². The summed E-state index contributed by atoms with van der Waals surface area (Å²) in [5.74, 6) is 0.675. The van der Waals surface area contributed by atoms with Crippen molar-refractivity contribution in [2.75, 3.05) is 16.4 Å². The highest BCUT2D eigenvalue weighted by molar-refractivity contribution is 6.04. The Hall–Kier alpha value is -4.41. The maximum atomic E-state index is 13.0. The Morgan fingerprint density at radius 2 is 1.88 bits per heavy atom. The molecule has 0 bridgehead atoms. The van der Waals surface area contributed by atoms with E-state index in [0.717, 1.165) is 17.7 Å². The summed E-state index contributed by atoms with van der Waals surface area (Å²) in [7, 11) is 0. The molecule has 8 nitrogen and oxygen atoms in total. The third kappa shape index (κ3) is 4.92. The first-order chi connectivity index (χ1) is 15.7. The van der Waals surface area contributed by atoms with Crippen LogP contribution in [0.25, 0.3) is 5.82 Å². The molecular weight excluding hydrogens is 435 g/mol. The van der Waals surface area contributed by atoms with Gasteiger partial charge in [0.15, 0.2) is 5.82 Å². The molecule has 4 N–H and O–H groups in total. The second-order valence-electron chi connectivity index (χ2n) is 7.12. The Labute approximate surface area is 186 Å². The molecule has 0 aliphatic heterocycles. The minimum atomic E-state index is -4.53. The number of rotatable bonds is 5. The molecular formula is C22H18F3N7O. The zero-order valence-corrected chi connectivity index (χ0v) is 17.3. The molecule has 0 spiro atoms. The van der Waals surface area contributed by atoms with Crippen LogP contribution in [0.5, 0.6) is 0 Å². The van der Waals surface area contributed by atoms with E-state index in [1.54, 1.807) is 36.5 Å². The van der Waals surface area contributed by atoms with E-state index in [1.807, 2.05) is 6.92 Å². The number of carbonyl (C=O) groups excluding carboxylic acids is 1. The van der Waals surface area contributed by atoms with E-state index < -0.39 is 17.6 Å². The highest BCUT2D eigenvalue weighted by atomic mass is 19.4. The number of aryl methyl sites for hydroxylation is 1. The van der Waals surface area contributed by atoms with E-state index in [9.17, 15) is 18.0 Å².